The van der Waals surface area contributed by atoms with Gasteiger partial charge in [-0.25, -0.2) is 0 Å². The summed E-state index contributed by atoms with van der Waals surface area (Å²) < 4.78 is 7.62. The third kappa shape index (κ3) is 4.41. The van der Waals surface area contributed by atoms with Gasteiger partial charge in [0.25, 0.3) is 5.56 Å². The second-order valence-corrected chi connectivity index (χ2v) is 7.24. The van der Waals surface area contributed by atoms with Crippen LogP contribution in [0.4, 0.5) is 0 Å². The molecule has 1 saturated heterocycles. The number of pyridine rings is 1. The Morgan fingerprint density at radius 2 is 1.85 bits per heavy atom. The van der Waals surface area contributed by atoms with Gasteiger partial charge in [-0.3, -0.25) is 9.59 Å². The first-order valence-corrected chi connectivity index (χ1v) is 9.67. The van der Waals surface area contributed by atoms with Crippen molar-refractivity contribution in [3.05, 3.63) is 64.1 Å². The summed E-state index contributed by atoms with van der Waals surface area (Å²) in [6, 6.07) is 13.4. The molecule has 1 aromatic carbocycles. The number of hydrogen-bond donors (Lipinski definition) is 0. The number of carbonyl (C=O) groups is 1. The molecule has 1 amide bonds. The molecular weight excluding hydrogens is 340 g/mol. The predicted molar refractivity (Wildman–Crippen MR) is 106 cm³/mol. The van der Waals surface area contributed by atoms with Gasteiger partial charge in [-0.2, -0.15) is 0 Å². The van der Waals surface area contributed by atoms with Crippen molar-refractivity contribution in [3.63, 3.8) is 0 Å². The maximum Gasteiger partial charge on any atom is 0.254 e. The molecule has 0 spiro atoms. The van der Waals surface area contributed by atoms with Crippen molar-refractivity contribution in [2.24, 2.45) is 7.05 Å². The predicted octanol–water partition coefficient (Wildman–Crippen LogP) is 3.26. The van der Waals surface area contributed by atoms with Gasteiger partial charge in [0.1, 0.15) is 11.9 Å². The number of piperidine rings is 1. The van der Waals surface area contributed by atoms with Crippen molar-refractivity contribution < 1.29 is 9.53 Å². The molecule has 1 atom stereocenters. The minimum atomic E-state index is -0.0801. The fraction of sp³-hybridized carbons (Fsp3) is 0.455. The zero-order valence-corrected chi connectivity index (χ0v) is 16.4. The number of amides is 1. The molecule has 0 saturated carbocycles. The highest BCUT2D eigenvalue weighted by Gasteiger charge is 2.29. The van der Waals surface area contributed by atoms with Gasteiger partial charge in [0.2, 0.25) is 5.91 Å². The number of nitrogens with zero attached hydrogens (tertiary/aromatic N) is 2. The summed E-state index contributed by atoms with van der Waals surface area (Å²) in [4.78, 5) is 26.8. The number of aromatic nitrogens is 1. The van der Waals surface area contributed by atoms with Crippen LogP contribution in [0.3, 0.4) is 0 Å². The van der Waals surface area contributed by atoms with E-state index in [4.69, 9.17) is 4.74 Å². The van der Waals surface area contributed by atoms with Crippen LogP contribution in [-0.4, -0.2) is 34.6 Å². The summed E-state index contributed by atoms with van der Waals surface area (Å²) in [6.45, 7) is 5.33. The Hall–Kier alpha value is -2.56. The molecule has 0 aliphatic carbocycles. The van der Waals surface area contributed by atoms with Crippen molar-refractivity contribution in [2.45, 2.75) is 45.1 Å². The van der Waals surface area contributed by atoms with E-state index in [-0.39, 0.29) is 23.5 Å². The second-order valence-electron chi connectivity index (χ2n) is 7.24. The Kier molecular flexibility index (Phi) is 5.99. The molecule has 5 nitrogen and oxygen atoms in total. The Morgan fingerprint density at radius 3 is 2.44 bits per heavy atom. The first-order chi connectivity index (χ1) is 13.0. The van der Waals surface area contributed by atoms with Gasteiger partial charge in [0.05, 0.1) is 5.92 Å². The van der Waals surface area contributed by atoms with E-state index in [0.717, 1.165) is 30.5 Å². The first-order valence-electron chi connectivity index (χ1n) is 9.67. The maximum atomic E-state index is 13.0. The lowest BCUT2D eigenvalue weighted by molar-refractivity contribution is -0.134. The normalized spacial score (nSPS) is 16.2. The molecular formula is C22H28N2O3. The van der Waals surface area contributed by atoms with E-state index in [1.807, 2.05) is 48.2 Å². The van der Waals surface area contributed by atoms with E-state index in [9.17, 15) is 9.59 Å². The van der Waals surface area contributed by atoms with E-state index < -0.39 is 0 Å². The number of aryl methyl sites for hydroxylation is 1. The first kappa shape index (κ1) is 19.2. The van der Waals surface area contributed by atoms with Crippen LogP contribution in [0.5, 0.6) is 5.75 Å². The van der Waals surface area contributed by atoms with Crippen molar-refractivity contribution in [1.29, 1.82) is 0 Å². The summed E-state index contributed by atoms with van der Waals surface area (Å²) >= 11 is 0. The molecule has 0 bridgehead atoms. The summed E-state index contributed by atoms with van der Waals surface area (Å²) in [6.07, 6.45) is 2.40. The Morgan fingerprint density at radius 1 is 1.19 bits per heavy atom. The number of hydrogen-bond acceptors (Lipinski definition) is 3. The lowest BCUT2D eigenvalue weighted by Crippen LogP contribution is -2.43. The fourth-order valence-electron chi connectivity index (χ4n) is 3.65. The van der Waals surface area contributed by atoms with E-state index in [0.29, 0.717) is 18.8 Å². The molecule has 27 heavy (non-hydrogen) atoms. The van der Waals surface area contributed by atoms with Crippen molar-refractivity contribution >= 4 is 5.91 Å². The molecule has 2 aromatic rings. The third-order valence-electron chi connectivity index (χ3n) is 5.44. The molecule has 5 heteroatoms. The molecule has 0 radical (unpaired) electrons. The van der Waals surface area contributed by atoms with Crippen LogP contribution in [0.15, 0.2) is 47.3 Å². The minimum absolute atomic E-state index is 0.0392. The highest BCUT2D eigenvalue weighted by Crippen LogP contribution is 2.25. The van der Waals surface area contributed by atoms with E-state index in [1.54, 1.807) is 11.6 Å². The maximum absolute atomic E-state index is 13.0. The third-order valence-corrected chi connectivity index (χ3v) is 5.44. The van der Waals surface area contributed by atoms with Gasteiger partial charge in [-0.05, 0) is 25.0 Å². The average molecular weight is 368 g/mol. The monoisotopic (exact) mass is 368 g/mol. The molecule has 1 aliphatic rings. The van der Waals surface area contributed by atoms with Gasteiger partial charge in [0.15, 0.2) is 0 Å². The smallest absolute Gasteiger partial charge is 0.254 e. The van der Waals surface area contributed by atoms with Crippen LogP contribution >= 0.6 is 0 Å². The lowest BCUT2D eigenvalue weighted by Gasteiger charge is -2.34. The van der Waals surface area contributed by atoms with Crippen LogP contribution < -0.4 is 10.3 Å². The van der Waals surface area contributed by atoms with Gasteiger partial charge in [-0.15, -0.1) is 0 Å². The summed E-state index contributed by atoms with van der Waals surface area (Å²) in [7, 11) is 1.75. The molecule has 2 heterocycles. The molecule has 1 aliphatic heterocycles. The minimum Gasteiger partial charge on any atom is -0.490 e. The Labute approximate surface area is 160 Å². The van der Waals surface area contributed by atoms with Crippen LogP contribution in [0.1, 0.15) is 43.4 Å². The largest absolute Gasteiger partial charge is 0.490 e. The zero-order valence-electron chi connectivity index (χ0n) is 16.4. The quantitative estimate of drug-likeness (QED) is 0.814. The SMILES string of the molecule is CCC(C(=O)N1CCC(Oc2cc(C)n(C)c(=O)c2)CC1)c1ccccc1. The van der Waals surface area contributed by atoms with Crippen molar-refractivity contribution in [1.82, 2.24) is 9.47 Å². The number of carbonyl (C=O) groups excluding carboxylic acids is 1. The number of likely N-dealkylation sites (tertiary alicyclic amines) is 1. The van der Waals surface area contributed by atoms with Crippen LogP contribution in [0.25, 0.3) is 0 Å². The van der Waals surface area contributed by atoms with Crippen LogP contribution in [0, 0.1) is 6.92 Å². The van der Waals surface area contributed by atoms with Crippen molar-refractivity contribution in [2.75, 3.05) is 13.1 Å². The van der Waals surface area contributed by atoms with Gasteiger partial charge >= 0.3 is 0 Å². The standard InChI is InChI=1S/C22H28N2O3/c1-4-20(17-8-6-5-7-9-17)22(26)24-12-10-18(11-13-24)27-19-14-16(2)23(3)21(25)15-19/h5-9,14-15,18,20H,4,10-13H2,1-3H3. The van der Waals surface area contributed by atoms with Gasteiger partial charge in [0, 0.05) is 44.7 Å². The summed E-state index contributed by atoms with van der Waals surface area (Å²) in [5, 5.41) is 0. The zero-order chi connectivity index (χ0) is 19.4. The van der Waals surface area contributed by atoms with E-state index in [1.165, 1.54) is 6.07 Å². The van der Waals surface area contributed by atoms with E-state index in [2.05, 4.69) is 6.92 Å². The number of ether oxygens (including phenoxy) is 1. The van der Waals surface area contributed by atoms with Gasteiger partial charge in [-0.1, -0.05) is 37.3 Å². The Bertz CT molecular complexity index is 836. The van der Waals surface area contributed by atoms with Crippen LogP contribution in [-0.2, 0) is 11.8 Å². The number of rotatable bonds is 5. The lowest BCUT2D eigenvalue weighted by atomic mass is 9.94. The Balaban J connectivity index is 1.60. The fourth-order valence-corrected chi connectivity index (χ4v) is 3.65. The van der Waals surface area contributed by atoms with Crippen LogP contribution in [0.2, 0.25) is 0 Å². The summed E-state index contributed by atoms with van der Waals surface area (Å²) in [5.41, 5.74) is 1.89. The van der Waals surface area contributed by atoms with E-state index >= 15 is 0 Å². The number of benzene rings is 1. The van der Waals surface area contributed by atoms with Gasteiger partial charge < -0.3 is 14.2 Å². The molecule has 1 unspecified atom stereocenters. The average Bonchev–Trinajstić information content (AvgIpc) is 2.68. The molecule has 144 valence electrons. The highest BCUT2D eigenvalue weighted by molar-refractivity contribution is 5.83. The van der Waals surface area contributed by atoms with Crippen molar-refractivity contribution in [3.8, 4) is 5.75 Å². The molecule has 1 fully saturated rings. The molecule has 3 rings (SSSR count). The highest BCUT2D eigenvalue weighted by atomic mass is 16.5. The molecule has 0 N–H and O–H groups in total. The topological polar surface area (TPSA) is 51.5 Å². The summed E-state index contributed by atoms with van der Waals surface area (Å²) in [5.74, 6) is 0.742. The second kappa shape index (κ2) is 8.42. The molecule has 1 aromatic heterocycles.